The maximum absolute atomic E-state index is 13.6. The van der Waals surface area contributed by atoms with E-state index in [-0.39, 0.29) is 17.4 Å². The van der Waals surface area contributed by atoms with Crippen LogP contribution in [-0.2, 0) is 0 Å². The van der Waals surface area contributed by atoms with Gasteiger partial charge in [-0.15, -0.1) is 11.8 Å². The van der Waals surface area contributed by atoms with E-state index in [4.69, 9.17) is 0 Å². The molecule has 0 saturated carbocycles. The number of carbonyl (C=O) groups is 1. The van der Waals surface area contributed by atoms with E-state index in [0.717, 1.165) is 0 Å². The van der Waals surface area contributed by atoms with Gasteiger partial charge in [0.25, 0.3) is 0 Å². The van der Waals surface area contributed by atoms with Gasteiger partial charge in [0.05, 0.1) is 4.90 Å². The number of thioether (sulfide) groups is 1. The second-order valence-electron chi connectivity index (χ2n) is 4.43. The van der Waals surface area contributed by atoms with Gasteiger partial charge in [0.15, 0.2) is 5.78 Å². The minimum absolute atomic E-state index is 0.235. The van der Waals surface area contributed by atoms with E-state index in [0.29, 0.717) is 27.3 Å². The average molecular weight is 288 g/mol. The smallest absolute Gasteiger partial charge is 0.191 e. The van der Waals surface area contributed by atoms with E-state index in [1.165, 1.54) is 30.0 Å². The van der Waals surface area contributed by atoms with E-state index >= 15 is 0 Å². The molecule has 0 spiro atoms. The largest absolute Gasteiger partial charge is 0.289 e. The molecule has 1 aliphatic rings. The molecule has 0 N–H and O–H groups in total. The van der Waals surface area contributed by atoms with Crippen LogP contribution in [0.2, 0.25) is 0 Å². The fourth-order valence-electron chi connectivity index (χ4n) is 2.11. The van der Waals surface area contributed by atoms with Gasteiger partial charge in [0.2, 0.25) is 0 Å². The summed E-state index contributed by atoms with van der Waals surface area (Å²) in [5.41, 5.74) is 1.21. The third-order valence-corrected chi connectivity index (χ3v) is 4.27. The molecule has 3 rings (SSSR count). The fraction of sp³-hybridized carbons (Fsp3) is 0.0625. The average Bonchev–Trinajstić information content (AvgIpc) is 2.45. The highest BCUT2D eigenvalue weighted by molar-refractivity contribution is 7.99. The standard InChI is InChI=1S/C16H10F2OS/c17-13-6-2-1-4-10(13)8-11-9-20-16-12(15(11)19)5-3-7-14(16)18/h1-8H,9H2/b11-8+. The molecule has 0 aliphatic carbocycles. The first-order valence-corrected chi connectivity index (χ1v) is 7.06. The van der Waals surface area contributed by atoms with Crippen LogP contribution in [0.3, 0.4) is 0 Å². The van der Waals surface area contributed by atoms with Crippen LogP contribution in [0.1, 0.15) is 15.9 Å². The van der Waals surface area contributed by atoms with Crippen LogP contribution in [0.4, 0.5) is 8.78 Å². The van der Waals surface area contributed by atoms with Crippen molar-refractivity contribution in [3.63, 3.8) is 0 Å². The van der Waals surface area contributed by atoms with Crippen LogP contribution in [0.25, 0.3) is 6.08 Å². The summed E-state index contributed by atoms with van der Waals surface area (Å²) in [4.78, 5) is 12.7. The summed E-state index contributed by atoms with van der Waals surface area (Å²) < 4.78 is 27.2. The first-order valence-electron chi connectivity index (χ1n) is 6.08. The predicted octanol–water partition coefficient (Wildman–Crippen LogP) is 4.34. The molecule has 0 atom stereocenters. The molecule has 0 fully saturated rings. The number of fused-ring (bicyclic) bond motifs is 1. The van der Waals surface area contributed by atoms with Gasteiger partial charge in [-0.3, -0.25) is 4.79 Å². The molecule has 0 aromatic heterocycles. The highest BCUT2D eigenvalue weighted by atomic mass is 32.2. The lowest BCUT2D eigenvalue weighted by Crippen LogP contribution is -2.13. The van der Waals surface area contributed by atoms with Gasteiger partial charge < -0.3 is 0 Å². The van der Waals surface area contributed by atoms with E-state index in [2.05, 4.69) is 0 Å². The summed E-state index contributed by atoms with van der Waals surface area (Å²) >= 11 is 1.27. The van der Waals surface area contributed by atoms with Crippen molar-refractivity contribution in [3.05, 3.63) is 70.8 Å². The molecular weight excluding hydrogens is 278 g/mol. The molecule has 2 aromatic rings. The molecule has 100 valence electrons. The van der Waals surface area contributed by atoms with Crippen molar-refractivity contribution in [2.24, 2.45) is 0 Å². The van der Waals surface area contributed by atoms with Gasteiger partial charge in [-0.05, 0) is 24.3 Å². The first kappa shape index (κ1) is 13.1. The number of rotatable bonds is 1. The van der Waals surface area contributed by atoms with Crippen LogP contribution >= 0.6 is 11.8 Å². The van der Waals surface area contributed by atoms with Crippen LogP contribution in [0.5, 0.6) is 0 Å². The van der Waals surface area contributed by atoms with Gasteiger partial charge in [0, 0.05) is 22.5 Å². The molecule has 1 nitrogen and oxygen atoms in total. The summed E-state index contributed by atoms with van der Waals surface area (Å²) in [6, 6.07) is 10.7. The zero-order valence-electron chi connectivity index (χ0n) is 10.4. The number of hydrogen-bond donors (Lipinski definition) is 0. The van der Waals surface area contributed by atoms with Crippen molar-refractivity contribution in [2.75, 3.05) is 5.75 Å². The van der Waals surface area contributed by atoms with E-state index in [1.54, 1.807) is 30.3 Å². The zero-order chi connectivity index (χ0) is 14.1. The summed E-state index contributed by atoms with van der Waals surface area (Å²) in [6.45, 7) is 0. The number of carbonyl (C=O) groups excluding carboxylic acids is 1. The van der Waals surface area contributed by atoms with Crippen molar-refractivity contribution in [1.29, 1.82) is 0 Å². The molecule has 20 heavy (non-hydrogen) atoms. The minimum atomic E-state index is -0.384. The SMILES string of the molecule is O=C1/C(=C/c2ccccc2F)CSc2c(F)cccc21. The van der Waals surface area contributed by atoms with Crippen LogP contribution in [-0.4, -0.2) is 11.5 Å². The van der Waals surface area contributed by atoms with Gasteiger partial charge >= 0.3 is 0 Å². The number of Topliss-reactive ketones (excluding diaryl/α,β-unsaturated/α-hetero) is 1. The molecular formula is C16H10F2OS. The lowest BCUT2D eigenvalue weighted by Gasteiger charge is -2.17. The monoisotopic (exact) mass is 288 g/mol. The Hall–Kier alpha value is -1.94. The topological polar surface area (TPSA) is 17.1 Å². The Labute approximate surface area is 119 Å². The molecule has 0 unspecified atom stereocenters. The Morgan fingerprint density at radius 1 is 1.00 bits per heavy atom. The lowest BCUT2D eigenvalue weighted by atomic mass is 10.0. The minimum Gasteiger partial charge on any atom is -0.289 e. The van der Waals surface area contributed by atoms with E-state index in [9.17, 15) is 13.6 Å². The molecule has 4 heteroatoms. The summed E-state index contributed by atoms with van der Waals surface area (Å²) in [7, 11) is 0. The van der Waals surface area contributed by atoms with Gasteiger partial charge in [-0.2, -0.15) is 0 Å². The maximum atomic E-state index is 13.6. The fourth-order valence-corrected chi connectivity index (χ4v) is 3.15. The Morgan fingerprint density at radius 2 is 1.75 bits per heavy atom. The molecule has 1 heterocycles. The van der Waals surface area contributed by atoms with Crippen molar-refractivity contribution in [3.8, 4) is 0 Å². The van der Waals surface area contributed by atoms with E-state index < -0.39 is 0 Å². The molecule has 2 aromatic carbocycles. The lowest BCUT2D eigenvalue weighted by molar-refractivity contribution is 0.103. The Morgan fingerprint density at radius 3 is 2.55 bits per heavy atom. The number of benzene rings is 2. The van der Waals surface area contributed by atoms with Gasteiger partial charge in [-0.25, -0.2) is 8.78 Å². The maximum Gasteiger partial charge on any atom is 0.191 e. The molecule has 0 saturated heterocycles. The van der Waals surface area contributed by atoms with Crippen molar-refractivity contribution < 1.29 is 13.6 Å². The first-order chi connectivity index (χ1) is 9.66. The second-order valence-corrected chi connectivity index (χ2v) is 5.41. The van der Waals surface area contributed by atoms with Crippen molar-refractivity contribution >= 4 is 23.6 Å². The molecule has 0 amide bonds. The van der Waals surface area contributed by atoms with Crippen LogP contribution < -0.4 is 0 Å². The van der Waals surface area contributed by atoms with Crippen LogP contribution in [0, 0.1) is 11.6 Å². The molecule has 0 radical (unpaired) electrons. The summed E-state index contributed by atoms with van der Waals surface area (Å²) in [6.07, 6.45) is 1.54. The predicted molar refractivity (Wildman–Crippen MR) is 75.8 cm³/mol. The number of hydrogen-bond acceptors (Lipinski definition) is 2. The van der Waals surface area contributed by atoms with Gasteiger partial charge in [-0.1, -0.05) is 24.3 Å². The van der Waals surface area contributed by atoms with Crippen LogP contribution in [0.15, 0.2) is 52.9 Å². The quantitative estimate of drug-likeness (QED) is 0.726. The highest BCUT2D eigenvalue weighted by Gasteiger charge is 2.24. The normalized spacial score (nSPS) is 16.3. The highest BCUT2D eigenvalue weighted by Crippen LogP contribution is 2.35. The third kappa shape index (κ3) is 2.27. The Balaban J connectivity index is 2.03. The van der Waals surface area contributed by atoms with Crippen molar-refractivity contribution in [1.82, 2.24) is 0 Å². The Bertz CT molecular complexity index is 722. The summed E-state index contributed by atoms with van der Waals surface area (Å²) in [5.74, 6) is -0.642. The summed E-state index contributed by atoms with van der Waals surface area (Å²) in [5, 5.41) is 0. The molecule has 0 bridgehead atoms. The second kappa shape index (κ2) is 5.21. The van der Waals surface area contributed by atoms with Gasteiger partial charge in [0.1, 0.15) is 11.6 Å². The number of halogens is 2. The molecule has 1 aliphatic heterocycles. The third-order valence-electron chi connectivity index (χ3n) is 3.11. The van der Waals surface area contributed by atoms with Crippen molar-refractivity contribution in [2.45, 2.75) is 4.90 Å². The zero-order valence-corrected chi connectivity index (χ0v) is 11.2. The Kier molecular flexibility index (Phi) is 3.40. The van der Waals surface area contributed by atoms with E-state index in [1.807, 2.05) is 0 Å². The number of ketones is 1.